The Kier molecular flexibility index (Phi) is 2.24. The number of rotatable bonds is 0. The zero-order chi connectivity index (χ0) is 11.1. The summed E-state index contributed by atoms with van der Waals surface area (Å²) in [5, 5.41) is 0. The van der Waals surface area contributed by atoms with E-state index in [1.54, 1.807) is 13.8 Å². The molecule has 0 bridgehead atoms. The fraction of sp³-hybridized carbons (Fsp3) is 0.818. The van der Waals surface area contributed by atoms with Crippen LogP contribution in [0.4, 0.5) is 0 Å². The van der Waals surface area contributed by atoms with E-state index < -0.39 is 23.1 Å². The van der Waals surface area contributed by atoms with Gasteiger partial charge in [0.1, 0.15) is 0 Å². The molecule has 0 radical (unpaired) electrons. The van der Waals surface area contributed by atoms with Crippen LogP contribution in [0.3, 0.4) is 0 Å². The molecule has 4 heteroatoms. The van der Waals surface area contributed by atoms with Crippen LogP contribution in [0.5, 0.6) is 0 Å². The third kappa shape index (κ3) is 1.62. The summed E-state index contributed by atoms with van der Waals surface area (Å²) < 4.78 is 10.3. The number of carbonyl (C=O) groups is 2. The largest absolute Gasteiger partial charge is 0.422 e. The molecule has 0 unspecified atom stereocenters. The zero-order valence-corrected chi connectivity index (χ0v) is 9.17. The van der Waals surface area contributed by atoms with Gasteiger partial charge in [-0.15, -0.1) is 0 Å². The van der Waals surface area contributed by atoms with Crippen molar-refractivity contribution in [3.05, 3.63) is 0 Å². The standard InChI is InChI=1S/C11H16O4/c1-10(2)14-8(12)11(9(13)15-10)6-4-3-5-7-11/h3-7H2,1-2H3. The first kappa shape index (κ1) is 10.5. The molecule has 1 saturated carbocycles. The predicted molar refractivity (Wildman–Crippen MR) is 51.8 cm³/mol. The molecule has 2 rings (SSSR count). The van der Waals surface area contributed by atoms with Gasteiger partial charge >= 0.3 is 11.9 Å². The van der Waals surface area contributed by atoms with Gasteiger partial charge in [0.05, 0.1) is 0 Å². The first-order valence-electron chi connectivity index (χ1n) is 5.43. The highest BCUT2D eigenvalue weighted by atomic mass is 16.7. The molecule has 1 saturated heterocycles. The lowest BCUT2D eigenvalue weighted by atomic mass is 9.73. The summed E-state index contributed by atoms with van der Waals surface area (Å²) in [6, 6.07) is 0. The molecule has 0 aromatic carbocycles. The molecule has 1 heterocycles. The van der Waals surface area contributed by atoms with Crippen LogP contribution < -0.4 is 0 Å². The number of hydrogen-bond acceptors (Lipinski definition) is 4. The van der Waals surface area contributed by atoms with Gasteiger partial charge < -0.3 is 9.47 Å². The van der Waals surface area contributed by atoms with E-state index in [-0.39, 0.29) is 0 Å². The molecule has 4 nitrogen and oxygen atoms in total. The Morgan fingerprint density at radius 3 is 1.87 bits per heavy atom. The summed E-state index contributed by atoms with van der Waals surface area (Å²) in [4.78, 5) is 23.7. The van der Waals surface area contributed by atoms with Crippen molar-refractivity contribution in [2.45, 2.75) is 51.7 Å². The van der Waals surface area contributed by atoms with Crippen LogP contribution in [0, 0.1) is 5.41 Å². The van der Waals surface area contributed by atoms with Crippen LogP contribution in [0.15, 0.2) is 0 Å². The average molecular weight is 212 g/mol. The fourth-order valence-corrected chi connectivity index (χ4v) is 2.31. The van der Waals surface area contributed by atoms with Gasteiger partial charge in [-0.25, -0.2) is 0 Å². The van der Waals surface area contributed by atoms with Crippen molar-refractivity contribution in [2.24, 2.45) is 5.41 Å². The summed E-state index contributed by atoms with van der Waals surface area (Å²) in [5.41, 5.74) is -0.992. The summed E-state index contributed by atoms with van der Waals surface area (Å²) in [5.74, 6) is -1.90. The average Bonchev–Trinajstić information content (AvgIpc) is 2.15. The van der Waals surface area contributed by atoms with Gasteiger partial charge in [0.2, 0.25) is 0 Å². The van der Waals surface area contributed by atoms with Crippen molar-refractivity contribution in [2.75, 3.05) is 0 Å². The molecule has 0 aromatic heterocycles. The maximum Gasteiger partial charge on any atom is 0.326 e. The summed E-state index contributed by atoms with van der Waals surface area (Å²) >= 11 is 0. The van der Waals surface area contributed by atoms with Crippen molar-refractivity contribution in [3.63, 3.8) is 0 Å². The molecular weight excluding hydrogens is 196 g/mol. The molecule has 0 N–H and O–H groups in total. The minimum Gasteiger partial charge on any atom is -0.422 e. The van der Waals surface area contributed by atoms with Crippen LogP contribution in [0.25, 0.3) is 0 Å². The van der Waals surface area contributed by atoms with Crippen molar-refractivity contribution in [3.8, 4) is 0 Å². The predicted octanol–water partition coefficient (Wildman–Crippen LogP) is 1.77. The SMILES string of the molecule is CC1(C)OC(=O)C2(CCCCC2)C(=O)O1. The molecular formula is C11H16O4. The molecule has 2 aliphatic rings. The van der Waals surface area contributed by atoms with E-state index >= 15 is 0 Å². The van der Waals surface area contributed by atoms with Crippen LogP contribution in [-0.4, -0.2) is 17.7 Å². The topological polar surface area (TPSA) is 52.6 Å². The van der Waals surface area contributed by atoms with E-state index in [1.165, 1.54) is 0 Å². The monoisotopic (exact) mass is 212 g/mol. The second-order valence-electron chi connectivity index (χ2n) is 4.82. The van der Waals surface area contributed by atoms with Gasteiger partial charge in [-0.2, -0.15) is 0 Å². The maximum absolute atomic E-state index is 11.9. The minimum absolute atomic E-state index is 0.400. The van der Waals surface area contributed by atoms with Crippen molar-refractivity contribution >= 4 is 11.9 Å². The lowest BCUT2D eigenvalue weighted by Crippen LogP contribution is -2.54. The number of hydrogen-bond donors (Lipinski definition) is 0. The van der Waals surface area contributed by atoms with Gasteiger partial charge in [-0.05, 0) is 12.8 Å². The minimum atomic E-state index is -1.10. The zero-order valence-electron chi connectivity index (χ0n) is 9.17. The summed E-state index contributed by atoms with van der Waals surface area (Å²) in [7, 11) is 0. The lowest BCUT2D eigenvalue weighted by molar-refractivity contribution is -0.253. The smallest absolute Gasteiger partial charge is 0.326 e. The Balaban J connectivity index is 2.25. The van der Waals surface area contributed by atoms with Gasteiger partial charge in [0, 0.05) is 13.8 Å². The highest BCUT2D eigenvalue weighted by Gasteiger charge is 2.56. The van der Waals surface area contributed by atoms with E-state index in [9.17, 15) is 9.59 Å². The van der Waals surface area contributed by atoms with E-state index in [0.29, 0.717) is 12.8 Å². The normalized spacial score (nSPS) is 28.4. The summed E-state index contributed by atoms with van der Waals surface area (Å²) in [6.45, 7) is 3.16. The third-order valence-corrected chi connectivity index (χ3v) is 3.17. The lowest BCUT2D eigenvalue weighted by Gasteiger charge is -2.41. The number of cyclic esters (lactones) is 2. The second-order valence-corrected chi connectivity index (χ2v) is 4.82. The van der Waals surface area contributed by atoms with Crippen LogP contribution in [-0.2, 0) is 19.1 Å². The fourth-order valence-electron chi connectivity index (χ4n) is 2.31. The van der Waals surface area contributed by atoms with Gasteiger partial charge in [0.25, 0.3) is 5.79 Å². The van der Waals surface area contributed by atoms with E-state index in [1.807, 2.05) is 0 Å². The van der Waals surface area contributed by atoms with E-state index in [2.05, 4.69) is 0 Å². The highest BCUT2D eigenvalue weighted by molar-refractivity contribution is 6.01. The number of carbonyl (C=O) groups excluding carboxylic acids is 2. The van der Waals surface area contributed by atoms with Crippen molar-refractivity contribution in [1.82, 2.24) is 0 Å². The Labute approximate surface area is 88.9 Å². The second kappa shape index (κ2) is 3.22. The third-order valence-electron chi connectivity index (χ3n) is 3.17. The molecule has 1 aliphatic carbocycles. The van der Waals surface area contributed by atoms with Gasteiger partial charge in [0.15, 0.2) is 5.41 Å². The molecule has 1 spiro atoms. The Hall–Kier alpha value is -1.06. The van der Waals surface area contributed by atoms with E-state index in [0.717, 1.165) is 19.3 Å². The highest BCUT2D eigenvalue weighted by Crippen LogP contribution is 2.43. The molecule has 0 amide bonds. The van der Waals surface area contributed by atoms with E-state index in [4.69, 9.17) is 9.47 Å². The van der Waals surface area contributed by atoms with Crippen molar-refractivity contribution in [1.29, 1.82) is 0 Å². The Morgan fingerprint density at radius 2 is 1.40 bits per heavy atom. The first-order valence-corrected chi connectivity index (χ1v) is 5.43. The molecule has 15 heavy (non-hydrogen) atoms. The molecule has 0 aromatic rings. The Morgan fingerprint density at radius 1 is 0.933 bits per heavy atom. The van der Waals surface area contributed by atoms with Crippen molar-refractivity contribution < 1.29 is 19.1 Å². The van der Waals surface area contributed by atoms with Crippen LogP contribution >= 0.6 is 0 Å². The van der Waals surface area contributed by atoms with Gasteiger partial charge in [-0.1, -0.05) is 19.3 Å². The Bertz CT molecular complexity index is 278. The number of esters is 2. The van der Waals surface area contributed by atoms with Gasteiger partial charge in [-0.3, -0.25) is 9.59 Å². The number of ether oxygens (including phenoxy) is 2. The summed E-state index contributed by atoms with van der Waals surface area (Å²) in [6.07, 6.45) is 4.00. The first-order chi connectivity index (χ1) is 6.96. The molecule has 1 aliphatic heterocycles. The van der Waals surface area contributed by atoms with Crippen LogP contribution in [0.1, 0.15) is 46.0 Å². The van der Waals surface area contributed by atoms with Crippen LogP contribution in [0.2, 0.25) is 0 Å². The maximum atomic E-state index is 11.9. The molecule has 84 valence electrons. The quantitative estimate of drug-likeness (QED) is 0.453. The molecule has 0 atom stereocenters. The molecule has 2 fully saturated rings.